The fourth-order valence-corrected chi connectivity index (χ4v) is 2.91. The van der Waals surface area contributed by atoms with Gasteiger partial charge in [-0.1, -0.05) is 11.6 Å². The zero-order chi connectivity index (χ0) is 15.1. The van der Waals surface area contributed by atoms with E-state index in [4.69, 9.17) is 11.6 Å². The Kier molecular flexibility index (Phi) is 3.35. The largest absolute Gasteiger partial charge is 0.478 e. The molecule has 2 heterocycles. The zero-order valence-corrected chi connectivity index (χ0v) is 12.3. The summed E-state index contributed by atoms with van der Waals surface area (Å²) in [6.45, 7) is 1.82. The van der Waals surface area contributed by atoms with Crippen molar-refractivity contribution in [1.82, 2.24) is 9.97 Å². The maximum Gasteiger partial charge on any atom is 0.336 e. The van der Waals surface area contributed by atoms with Crippen LogP contribution in [0.25, 0.3) is 22.3 Å². The third kappa shape index (κ3) is 2.36. The van der Waals surface area contributed by atoms with Crippen LogP contribution >= 0.6 is 22.9 Å². The molecule has 0 aliphatic carbocycles. The number of carboxylic acids is 1. The molecule has 3 rings (SSSR count). The van der Waals surface area contributed by atoms with Crippen molar-refractivity contribution >= 4 is 39.8 Å². The number of hydrogen-bond donors (Lipinski definition) is 1. The first-order valence-electron chi connectivity index (χ1n) is 5.92. The number of benzene rings is 1. The number of fused-ring (bicyclic) bond motifs is 1. The van der Waals surface area contributed by atoms with E-state index in [1.54, 1.807) is 5.38 Å². The highest BCUT2D eigenvalue weighted by Crippen LogP contribution is 2.31. The van der Waals surface area contributed by atoms with Gasteiger partial charge in [-0.15, -0.1) is 11.3 Å². The second kappa shape index (κ2) is 5.05. The summed E-state index contributed by atoms with van der Waals surface area (Å²) < 4.78 is 14.0. The number of nitrogens with zero attached hydrogens (tertiary/aromatic N) is 2. The number of aryl methyl sites for hydroxylation is 1. The van der Waals surface area contributed by atoms with Crippen LogP contribution < -0.4 is 0 Å². The van der Waals surface area contributed by atoms with Gasteiger partial charge in [0, 0.05) is 10.8 Å². The molecule has 0 saturated heterocycles. The van der Waals surface area contributed by atoms with Crippen molar-refractivity contribution in [3.8, 4) is 11.4 Å². The average Bonchev–Trinajstić information content (AvgIpc) is 2.88. The molecule has 7 heteroatoms. The van der Waals surface area contributed by atoms with E-state index in [-0.39, 0.29) is 21.5 Å². The predicted octanol–water partition coefficient (Wildman–Crippen LogP) is 4.16. The SMILES string of the molecule is Cc1nc(-c2cc(C(=O)O)c3c(Cl)ccc(F)c3n2)cs1. The van der Waals surface area contributed by atoms with Gasteiger partial charge in [-0.2, -0.15) is 0 Å². The first-order chi connectivity index (χ1) is 9.97. The van der Waals surface area contributed by atoms with Crippen molar-refractivity contribution in [3.63, 3.8) is 0 Å². The van der Waals surface area contributed by atoms with E-state index in [1.807, 2.05) is 6.92 Å². The Labute approximate surface area is 127 Å². The summed E-state index contributed by atoms with van der Waals surface area (Å²) in [5.41, 5.74) is 0.667. The quantitative estimate of drug-likeness (QED) is 0.769. The standard InChI is InChI=1S/C14H8ClFN2O2S/c1-6-17-11(5-21-6)10-4-7(14(19)20)12-8(15)2-3-9(16)13(12)18-10/h2-5H,1H3,(H,19,20). The lowest BCUT2D eigenvalue weighted by molar-refractivity contribution is 0.0699. The number of carboxylic acid groups (broad SMARTS) is 1. The molecule has 0 aliphatic rings. The second-order valence-electron chi connectivity index (χ2n) is 4.36. The van der Waals surface area contributed by atoms with Crippen LogP contribution in [0.15, 0.2) is 23.6 Å². The van der Waals surface area contributed by atoms with Gasteiger partial charge in [0.05, 0.1) is 27.0 Å². The van der Waals surface area contributed by atoms with Gasteiger partial charge in [0.1, 0.15) is 11.3 Å². The van der Waals surface area contributed by atoms with Gasteiger partial charge < -0.3 is 5.11 Å². The first kappa shape index (κ1) is 13.9. The number of pyridine rings is 1. The Morgan fingerprint density at radius 3 is 2.71 bits per heavy atom. The van der Waals surface area contributed by atoms with E-state index in [1.165, 1.54) is 29.5 Å². The summed E-state index contributed by atoms with van der Waals surface area (Å²) in [5.74, 6) is -1.81. The molecule has 21 heavy (non-hydrogen) atoms. The summed E-state index contributed by atoms with van der Waals surface area (Å²) >= 11 is 7.41. The summed E-state index contributed by atoms with van der Waals surface area (Å²) in [6.07, 6.45) is 0. The minimum atomic E-state index is -1.19. The van der Waals surface area contributed by atoms with Gasteiger partial charge in [-0.25, -0.2) is 19.2 Å². The van der Waals surface area contributed by atoms with E-state index in [9.17, 15) is 14.3 Å². The Morgan fingerprint density at radius 1 is 1.33 bits per heavy atom. The second-order valence-corrected chi connectivity index (χ2v) is 5.83. The highest BCUT2D eigenvalue weighted by Gasteiger charge is 2.18. The van der Waals surface area contributed by atoms with Gasteiger partial charge in [0.2, 0.25) is 0 Å². The minimum Gasteiger partial charge on any atom is -0.478 e. The molecule has 0 spiro atoms. The third-order valence-corrected chi connectivity index (χ3v) is 4.06. The molecule has 4 nitrogen and oxygen atoms in total. The number of halogens is 2. The maximum atomic E-state index is 14.0. The van der Waals surface area contributed by atoms with Crippen LogP contribution in [0.1, 0.15) is 15.4 Å². The number of rotatable bonds is 2. The van der Waals surface area contributed by atoms with Gasteiger partial charge >= 0.3 is 5.97 Å². The zero-order valence-electron chi connectivity index (χ0n) is 10.7. The van der Waals surface area contributed by atoms with Crippen LogP contribution in [-0.4, -0.2) is 21.0 Å². The molecule has 0 amide bonds. The Morgan fingerprint density at radius 2 is 2.10 bits per heavy atom. The molecule has 1 aromatic carbocycles. The predicted molar refractivity (Wildman–Crippen MR) is 79.5 cm³/mol. The number of aromatic carboxylic acids is 1. The molecule has 0 aliphatic heterocycles. The molecular weight excluding hydrogens is 315 g/mol. The third-order valence-electron chi connectivity index (χ3n) is 2.97. The maximum absolute atomic E-state index is 14.0. The van der Waals surface area contributed by atoms with Gasteiger partial charge in [-0.05, 0) is 25.1 Å². The lowest BCUT2D eigenvalue weighted by Gasteiger charge is -2.07. The molecule has 1 N–H and O–H groups in total. The van der Waals surface area contributed by atoms with Crippen LogP contribution in [0.4, 0.5) is 4.39 Å². The van der Waals surface area contributed by atoms with Gasteiger partial charge in [-0.3, -0.25) is 0 Å². The average molecular weight is 323 g/mol. The topological polar surface area (TPSA) is 63.1 Å². The van der Waals surface area contributed by atoms with Gasteiger partial charge in [0.25, 0.3) is 0 Å². The smallest absolute Gasteiger partial charge is 0.336 e. The van der Waals surface area contributed by atoms with Crippen molar-refractivity contribution in [2.45, 2.75) is 6.92 Å². The fourth-order valence-electron chi connectivity index (χ4n) is 2.05. The fraction of sp³-hybridized carbons (Fsp3) is 0.0714. The molecular formula is C14H8ClFN2O2S. The van der Waals surface area contributed by atoms with E-state index < -0.39 is 11.8 Å². The van der Waals surface area contributed by atoms with E-state index >= 15 is 0 Å². The molecule has 0 bridgehead atoms. The molecule has 0 fully saturated rings. The number of hydrogen-bond acceptors (Lipinski definition) is 4. The molecule has 2 aromatic heterocycles. The van der Waals surface area contributed by atoms with Crippen molar-refractivity contribution in [1.29, 1.82) is 0 Å². The summed E-state index contributed by atoms with van der Waals surface area (Å²) in [4.78, 5) is 19.9. The highest BCUT2D eigenvalue weighted by atomic mass is 35.5. The summed E-state index contributed by atoms with van der Waals surface area (Å²) in [5, 5.41) is 12.2. The lowest BCUT2D eigenvalue weighted by Crippen LogP contribution is -2.02. The van der Waals surface area contributed by atoms with Gasteiger partial charge in [0.15, 0.2) is 0 Å². The van der Waals surface area contributed by atoms with E-state index in [0.717, 1.165) is 5.01 Å². The monoisotopic (exact) mass is 322 g/mol. The molecule has 0 saturated carbocycles. The number of carbonyl (C=O) groups is 1. The number of thiazole rings is 1. The van der Waals surface area contributed by atoms with E-state index in [0.29, 0.717) is 11.4 Å². The normalized spacial score (nSPS) is 11.0. The van der Waals surface area contributed by atoms with Crippen LogP contribution in [0, 0.1) is 12.7 Å². The molecule has 0 radical (unpaired) electrons. The van der Waals surface area contributed by atoms with E-state index in [2.05, 4.69) is 9.97 Å². The lowest BCUT2D eigenvalue weighted by atomic mass is 10.1. The molecule has 3 aromatic rings. The highest BCUT2D eigenvalue weighted by molar-refractivity contribution is 7.09. The Balaban J connectivity index is 2.40. The molecule has 0 atom stereocenters. The van der Waals surface area contributed by atoms with Crippen molar-refractivity contribution in [2.24, 2.45) is 0 Å². The van der Waals surface area contributed by atoms with Crippen LogP contribution in [0.5, 0.6) is 0 Å². The van der Waals surface area contributed by atoms with Crippen LogP contribution in [0.2, 0.25) is 5.02 Å². The Bertz CT molecular complexity index is 879. The summed E-state index contributed by atoms with van der Waals surface area (Å²) in [7, 11) is 0. The molecule has 106 valence electrons. The Hall–Kier alpha value is -2.05. The van der Waals surface area contributed by atoms with Crippen LogP contribution in [0.3, 0.4) is 0 Å². The van der Waals surface area contributed by atoms with Crippen molar-refractivity contribution in [2.75, 3.05) is 0 Å². The molecule has 0 unspecified atom stereocenters. The minimum absolute atomic E-state index is 0.0666. The summed E-state index contributed by atoms with van der Waals surface area (Å²) in [6, 6.07) is 3.85. The van der Waals surface area contributed by atoms with Crippen molar-refractivity contribution < 1.29 is 14.3 Å². The first-order valence-corrected chi connectivity index (χ1v) is 7.17. The van der Waals surface area contributed by atoms with Crippen LogP contribution in [-0.2, 0) is 0 Å². The number of aromatic nitrogens is 2. The van der Waals surface area contributed by atoms with Crippen molar-refractivity contribution in [3.05, 3.63) is 45.0 Å².